The van der Waals surface area contributed by atoms with Crippen molar-refractivity contribution in [3.8, 4) is 11.1 Å². The normalized spacial score (nSPS) is 11.4. The van der Waals surface area contributed by atoms with Gasteiger partial charge in [-0.3, -0.25) is 4.98 Å². The van der Waals surface area contributed by atoms with Crippen LogP contribution >= 0.6 is 23.4 Å². The minimum absolute atomic E-state index is 0.719. The van der Waals surface area contributed by atoms with Crippen LogP contribution in [0.4, 0.5) is 0 Å². The van der Waals surface area contributed by atoms with Crippen LogP contribution in [0, 0.1) is 6.92 Å². The summed E-state index contributed by atoms with van der Waals surface area (Å²) in [6, 6.07) is 10.1. The molecule has 0 aliphatic carbocycles. The van der Waals surface area contributed by atoms with E-state index in [1.54, 1.807) is 11.8 Å². The van der Waals surface area contributed by atoms with Crippen molar-refractivity contribution in [2.24, 2.45) is 0 Å². The largest absolute Gasteiger partial charge is 0.353 e. The number of pyridine rings is 2. The highest BCUT2D eigenvalue weighted by molar-refractivity contribution is 7.98. The maximum absolute atomic E-state index is 6.38. The van der Waals surface area contributed by atoms with E-state index in [9.17, 15) is 0 Å². The Morgan fingerprint density at radius 1 is 1.04 bits per heavy atom. The van der Waals surface area contributed by atoms with Crippen molar-refractivity contribution in [3.05, 3.63) is 53.4 Å². The summed E-state index contributed by atoms with van der Waals surface area (Å²) in [6.07, 6.45) is 5.75. The van der Waals surface area contributed by atoms with E-state index in [2.05, 4.69) is 21.0 Å². The monoisotopic (exact) mass is 339 g/mol. The maximum atomic E-state index is 6.38. The maximum Gasteiger partial charge on any atom is 0.0957 e. The van der Waals surface area contributed by atoms with Crippen molar-refractivity contribution in [1.29, 1.82) is 0 Å². The summed E-state index contributed by atoms with van der Waals surface area (Å²) in [4.78, 5) is 12.4. The molecule has 3 aromatic heterocycles. The minimum Gasteiger partial charge on any atom is -0.353 e. The molecule has 0 aliphatic heterocycles. The lowest BCUT2D eigenvalue weighted by Crippen LogP contribution is -1.84. The summed E-state index contributed by atoms with van der Waals surface area (Å²) in [5.74, 6) is 0. The Bertz CT molecular complexity index is 1020. The van der Waals surface area contributed by atoms with Gasteiger partial charge in [0.15, 0.2) is 0 Å². The molecule has 0 spiro atoms. The zero-order valence-electron chi connectivity index (χ0n) is 12.7. The lowest BCUT2D eigenvalue weighted by molar-refractivity contribution is 1.14. The molecule has 0 aliphatic rings. The number of aromatic amines is 1. The second-order valence-electron chi connectivity index (χ2n) is 5.41. The average molecular weight is 340 g/mol. The van der Waals surface area contributed by atoms with E-state index in [1.165, 1.54) is 0 Å². The molecule has 0 fully saturated rings. The molecule has 1 N–H and O–H groups in total. The van der Waals surface area contributed by atoms with Crippen LogP contribution in [0.5, 0.6) is 0 Å². The first-order valence-corrected chi connectivity index (χ1v) is 8.84. The third-order valence-electron chi connectivity index (χ3n) is 4.04. The number of halogens is 1. The fourth-order valence-corrected chi connectivity index (χ4v) is 3.50. The topological polar surface area (TPSA) is 41.6 Å². The Kier molecular flexibility index (Phi) is 3.51. The summed E-state index contributed by atoms with van der Waals surface area (Å²) in [7, 11) is 0. The molecule has 0 radical (unpaired) electrons. The second kappa shape index (κ2) is 5.55. The van der Waals surface area contributed by atoms with Crippen molar-refractivity contribution in [2.75, 3.05) is 6.26 Å². The first-order valence-electron chi connectivity index (χ1n) is 7.24. The number of aryl methyl sites for hydroxylation is 1. The molecule has 1 aromatic carbocycles. The van der Waals surface area contributed by atoms with E-state index in [-0.39, 0.29) is 0 Å². The third-order valence-corrected chi connectivity index (χ3v) is 4.92. The second-order valence-corrected chi connectivity index (χ2v) is 6.67. The van der Waals surface area contributed by atoms with Gasteiger partial charge >= 0.3 is 0 Å². The molecule has 5 heteroatoms. The molecule has 3 heterocycles. The summed E-state index contributed by atoms with van der Waals surface area (Å²) in [5, 5.41) is 3.98. The Hall–Kier alpha value is -2.04. The fraction of sp³-hybridized carbons (Fsp3) is 0.111. The van der Waals surface area contributed by atoms with Gasteiger partial charge in [-0.1, -0.05) is 17.7 Å². The predicted molar refractivity (Wildman–Crippen MR) is 98.4 cm³/mol. The molecule has 0 atom stereocenters. The van der Waals surface area contributed by atoms with Gasteiger partial charge in [0, 0.05) is 39.3 Å². The van der Waals surface area contributed by atoms with Gasteiger partial charge in [0.25, 0.3) is 0 Å². The van der Waals surface area contributed by atoms with E-state index in [0.29, 0.717) is 0 Å². The van der Waals surface area contributed by atoms with Crippen molar-refractivity contribution in [1.82, 2.24) is 15.0 Å². The van der Waals surface area contributed by atoms with Crippen LogP contribution in [0.15, 0.2) is 47.8 Å². The molecule has 23 heavy (non-hydrogen) atoms. The highest BCUT2D eigenvalue weighted by atomic mass is 35.5. The Morgan fingerprint density at radius 2 is 1.91 bits per heavy atom. The van der Waals surface area contributed by atoms with Crippen molar-refractivity contribution < 1.29 is 0 Å². The number of aromatic nitrogens is 3. The number of hydrogen-bond donors (Lipinski definition) is 1. The van der Waals surface area contributed by atoms with E-state index in [1.807, 2.05) is 49.8 Å². The smallest absolute Gasteiger partial charge is 0.0957 e. The van der Waals surface area contributed by atoms with Gasteiger partial charge in [-0.15, -0.1) is 11.8 Å². The first-order chi connectivity index (χ1) is 11.2. The SMILES string of the molecule is CSc1ccc(-c2cc(Cl)cc3c2[nH]c2c(C)nccc23)cn1. The molecule has 0 saturated heterocycles. The molecule has 4 rings (SSSR count). The van der Waals surface area contributed by atoms with E-state index in [4.69, 9.17) is 11.6 Å². The molecule has 0 unspecified atom stereocenters. The highest BCUT2D eigenvalue weighted by Gasteiger charge is 2.13. The number of hydrogen-bond acceptors (Lipinski definition) is 3. The van der Waals surface area contributed by atoms with Crippen LogP contribution < -0.4 is 0 Å². The van der Waals surface area contributed by atoms with E-state index < -0.39 is 0 Å². The van der Waals surface area contributed by atoms with Crippen LogP contribution in [0.3, 0.4) is 0 Å². The van der Waals surface area contributed by atoms with Gasteiger partial charge in [0.1, 0.15) is 0 Å². The molecule has 0 saturated carbocycles. The number of thioether (sulfide) groups is 1. The number of H-pyrrole nitrogens is 1. The Labute approximate surface area is 143 Å². The highest BCUT2D eigenvalue weighted by Crippen LogP contribution is 2.36. The molecule has 0 bridgehead atoms. The van der Waals surface area contributed by atoms with Crippen LogP contribution in [0.2, 0.25) is 5.02 Å². The quantitative estimate of drug-likeness (QED) is 0.493. The molecule has 0 amide bonds. The van der Waals surface area contributed by atoms with Crippen molar-refractivity contribution in [2.45, 2.75) is 11.9 Å². The van der Waals surface area contributed by atoms with Gasteiger partial charge in [-0.2, -0.15) is 0 Å². The summed E-state index contributed by atoms with van der Waals surface area (Å²) in [5.41, 5.74) is 5.21. The predicted octanol–water partition coefficient (Wildman–Crippen LogP) is 5.46. The number of nitrogens with zero attached hydrogens (tertiary/aromatic N) is 2. The number of nitrogens with one attached hydrogen (secondary N) is 1. The fourth-order valence-electron chi connectivity index (χ4n) is 2.92. The van der Waals surface area contributed by atoms with Gasteiger partial charge in [-0.25, -0.2) is 4.98 Å². The molecular weight excluding hydrogens is 326 g/mol. The summed E-state index contributed by atoms with van der Waals surface area (Å²) < 4.78 is 0. The zero-order valence-corrected chi connectivity index (χ0v) is 14.3. The van der Waals surface area contributed by atoms with Gasteiger partial charge in [-0.05, 0) is 37.4 Å². The minimum atomic E-state index is 0.719. The van der Waals surface area contributed by atoms with E-state index in [0.717, 1.165) is 48.7 Å². The standard InChI is InChI=1S/C18H14ClN3S/c1-10-17-13(5-6-20-10)15-8-12(19)7-14(18(15)22-17)11-3-4-16(23-2)21-9-11/h3-9,22H,1-2H3. The third kappa shape index (κ3) is 2.38. The molecule has 3 nitrogen and oxygen atoms in total. The van der Waals surface area contributed by atoms with Crippen LogP contribution in [0.25, 0.3) is 32.9 Å². The van der Waals surface area contributed by atoms with Gasteiger partial charge in [0.2, 0.25) is 0 Å². The summed E-state index contributed by atoms with van der Waals surface area (Å²) >= 11 is 8.01. The zero-order chi connectivity index (χ0) is 16.0. The van der Waals surface area contributed by atoms with Gasteiger partial charge < -0.3 is 4.98 Å². The number of fused-ring (bicyclic) bond motifs is 3. The van der Waals surface area contributed by atoms with E-state index >= 15 is 0 Å². The number of rotatable bonds is 2. The molecule has 4 aromatic rings. The van der Waals surface area contributed by atoms with Crippen LogP contribution in [-0.2, 0) is 0 Å². The first kappa shape index (κ1) is 14.5. The van der Waals surface area contributed by atoms with Crippen molar-refractivity contribution in [3.63, 3.8) is 0 Å². The lowest BCUT2D eigenvalue weighted by atomic mass is 10.0. The molecule has 114 valence electrons. The Balaban J connectivity index is 2.05. The lowest BCUT2D eigenvalue weighted by Gasteiger charge is -2.05. The Morgan fingerprint density at radius 3 is 2.65 bits per heavy atom. The van der Waals surface area contributed by atoms with Crippen molar-refractivity contribution >= 4 is 45.2 Å². The summed E-state index contributed by atoms with van der Waals surface area (Å²) in [6.45, 7) is 2.01. The number of benzene rings is 1. The van der Waals surface area contributed by atoms with Crippen LogP contribution in [0.1, 0.15) is 5.69 Å². The van der Waals surface area contributed by atoms with Gasteiger partial charge in [0.05, 0.1) is 21.8 Å². The average Bonchev–Trinajstić information content (AvgIpc) is 2.94. The van der Waals surface area contributed by atoms with Crippen LogP contribution in [-0.4, -0.2) is 21.2 Å². The molecular formula is C18H14ClN3S.